The molecule has 1 aliphatic heterocycles. The van der Waals surface area contributed by atoms with Gasteiger partial charge in [0, 0.05) is 18.0 Å². The van der Waals surface area contributed by atoms with E-state index < -0.39 is 0 Å². The molecule has 0 fully saturated rings. The molecule has 4 nitrogen and oxygen atoms in total. The van der Waals surface area contributed by atoms with Gasteiger partial charge in [-0.2, -0.15) is 0 Å². The van der Waals surface area contributed by atoms with Gasteiger partial charge in [-0.05, 0) is 18.6 Å². The van der Waals surface area contributed by atoms with E-state index in [9.17, 15) is 0 Å². The number of nitrogens with one attached hydrogen (secondary N) is 1. The lowest BCUT2D eigenvalue weighted by atomic mass is 10.1. The molecule has 13 heavy (non-hydrogen) atoms. The third-order valence-corrected chi connectivity index (χ3v) is 1.71. The number of aliphatic hydroxyl groups excluding tert-OH is 1. The summed E-state index contributed by atoms with van der Waals surface area (Å²) in [7, 11) is 0. The first-order chi connectivity index (χ1) is 6.24. The van der Waals surface area contributed by atoms with Crippen molar-refractivity contribution in [3.8, 4) is 0 Å². The maximum Gasteiger partial charge on any atom is 0.102 e. The van der Waals surface area contributed by atoms with E-state index in [4.69, 9.17) is 10.8 Å². The number of aliphatic imine (C=N–C) groups is 1. The van der Waals surface area contributed by atoms with Gasteiger partial charge in [0.15, 0.2) is 0 Å². The Kier molecular flexibility index (Phi) is 3.67. The zero-order valence-corrected chi connectivity index (χ0v) is 7.70. The lowest BCUT2D eigenvalue weighted by molar-refractivity contribution is 0.307. The fourth-order valence-corrected chi connectivity index (χ4v) is 1.06. The normalized spacial score (nSPS) is 22.5. The zero-order chi connectivity index (χ0) is 9.68. The highest BCUT2D eigenvalue weighted by Gasteiger charge is 2.08. The standard InChI is InChI=1S/C9H15N3O/c1-7-4-8(6-11-2-3-13)9(10)12-5-7/h4-6,9,12-13H,2-3,10H2,1H3. The highest BCUT2D eigenvalue weighted by Crippen LogP contribution is 2.06. The molecule has 0 aromatic carbocycles. The summed E-state index contributed by atoms with van der Waals surface area (Å²) in [6.45, 7) is 2.48. The maximum atomic E-state index is 8.52. The van der Waals surface area contributed by atoms with E-state index in [0.717, 1.165) is 11.1 Å². The first kappa shape index (κ1) is 9.95. The Morgan fingerprint density at radius 1 is 1.77 bits per heavy atom. The van der Waals surface area contributed by atoms with Gasteiger partial charge in [0.1, 0.15) is 6.17 Å². The van der Waals surface area contributed by atoms with Crippen LogP contribution in [0.4, 0.5) is 0 Å². The van der Waals surface area contributed by atoms with E-state index in [1.165, 1.54) is 0 Å². The van der Waals surface area contributed by atoms with Gasteiger partial charge in [-0.25, -0.2) is 0 Å². The molecule has 0 amide bonds. The van der Waals surface area contributed by atoms with E-state index >= 15 is 0 Å². The number of hydrogen-bond donors (Lipinski definition) is 3. The molecule has 1 unspecified atom stereocenters. The second kappa shape index (κ2) is 4.79. The number of rotatable bonds is 3. The van der Waals surface area contributed by atoms with E-state index in [1.54, 1.807) is 6.21 Å². The molecule has 1 heterocycles. The summed E-state index contributed by atoms with van der Waals surface area (Å²) in [5.74, 6) is 0. The van der Waals surface area contributed by atoms with Gasteiger partial charge in [-0.3, -0.25) is 4.99 Å². The molecule has 1 rings (SSSR count). The topological polar surface area (TPSA) is 70.6 Å². The second-order valence-corrected chi connectivity index (χ2v) is 2.94. The number of allylic oxidation sites excluding steroid dienone is 2. The Labute approximate surface area is 77.9 Å². The van der Waals surface area contributed by atoms with Crippen molar-refractivity contribution in [1.29, 1.82) is 0 Å². The van der Waals surface area contributed by atoms with Crippen molar-refractivity contribution in [3.63, 3.8) is 0 Å². The summed E-state index contributed by atoms with van der Waals surface area (Å²) in [6.07, 6.45) is 5.35. The third kappa shape index (κ3) is 3.01. The quantitative estimate of drug-likeness (QED) is 0.527. The van der Waals surface area contributed by atoms with Crippen LogP contribution in [-0.4, -0.2) is 30.6 Å². The van der Waals surface area contributed by atoms with E-state index in [0.29, 0.717) is 6.54 Å². The van der Waals surface area contributed by atoms with Gasteiger partial charge in [0.05, 0.1) is 13.2 Å². The van der Waals surface area contributed by atoms with Crippen molar-refractivity contribution >= 4 is 6.21 Å². The summed E-state index contributed by atoms with van der Waals surface area (Å²) in [6, 6.07) is 0. The molecule has 0 saturated carbocycles. The van der Waals surface area contributed by atoms with E-state index in [-0.39, 0.29) is 12.8 Å². The highest BCUT2D eigenvalue weighted by molar-refractivity contribution is 5.81. The molecule has 0 spiro atoms. The average molecular weight is 181 g/mol. The molecule has 1 atom stereocenters. The first-order valence-corrected chi connectivity index (χ1v) is 4.24. The van der Waals surface area contributed by atoms with Crippen LogP contribution in [-0.2, 0) is 0 Å². The SMILES string of the molecule is CC1=CNC(N)C(C=NCCO)=C1. The van der Waals surface area contributed by atoms with Crippen LogP contribution >= 0.6 is 0 Å². The van der Waals surface area contributed by atoms with Crippen LogP contribution in [0.5, 0.6) is 0 Å². The number of nitrogens with zero attached hydrogens (tertiary/aromatic N) is 1. The summed E-state index contributed by atoms with van der Waals surface area (Å²) in [4.78, 5) is 4.01. The lowest BCUT2D eigenvalue weighted by Gasteiger charge is -2.17. The second-order valence-electron chi connectivity index (χ2n) is 2.94. The first-order valence-electron chi connectivity index (χ1n) is 4.24. The zero-order valence-electron chi connectivity index (χ0n) is 7.70. The third-order valence-electron chi connectivity index (χ3n) is 1.71. The van der Waals surface area contributed by atoms with Crippen molar-refractivity contribution < 1.29 is 5.11 Å². The van der Waals surface area contributed by atoms with Crippen LogP contribution < -0.4 is 11.1 Å². The summed E-state index contributed by atoms with van der Waals surface area (Å²) >= 11 is 0. The smallest absolute Gasteiger partial charge is 0.102 e. The number of nitrogens with two attached hydrogens (primary N) is 1. The van der Waals surface area contributed by atoms with Gasteiger partial charge < -0.3 is 16.2 Å². The van der Waals surface area contributed by atoms with Gasteiger partial charge in [-0.1, -0.05) is 0 Å². The number of dihydropyridines is 1. The van der Waals surface area contributed by atoms with Gasteiger partial charge >= 0.3 is 0 Å². The van der Waals surface area contributed by atoms with Crippen molar-refractivity contribution in [1.82, 2.24) is 5.32 Å². The summed E-state index contributed by atoms with van der Waals surface area (Å²) < 4.78 is 0. The monoisotopic (exact) mass is 181 g/mol. The fraction of sp³-hybridized carbons (Fsp3) is 0.444. The van der Waals surface area contributed by atoms with E-state index in [2.05, 4.69) is 10.3 Å². The molecule has 0 bridgehead atoms. The van der Waals surface area contributed by atoms with Crippen LogP contribution in [0.2, 0.25) is 0 Å². The molecule has 72 valence electrons. The molecular weight excluding hydrogens is 166 g/mol. The van der Waals surface area contributed by atoms with E-state index in [1.807, 2.05) is 19.2 Å². The van der Waals surface area contributed by atoms with Crippen molar-refractivity contribution in [2.45, 2.75) is 13.1 Å². The number of aliphatic hydroxyl groups is 1. The summed E-state index contributed by atoms with van der Waals surface area (Å²) in [5, 5.41) is 11.5. The molecule has 0 radical (unpaired) electrons. The van der Waals surface area contributed by atoms with Crippen LogP contribution in [0.15, 0.2) is 28.4 Å². The maximum absolute atomic E-state index is 8.52. The van der Waals surface area contributed by atoms with Crippen LogP contribution in [0, 0.1) is 0 Å². The Balaban J connectivity index is 2.60. The van der Waals surface area contributed by atoms with Crippen LogP contribution in [0.25, 0.3) is 0 Å². The summed E-state index contributed by atoms with van der Waals surface area (Å²) in [5.41, 5.74) is 7.80. The predicted octanol–water partition coefficient (Wildman–Crippen LogP) is -0.232. The fourth-order valence-electron chi connectivity index (χ4n) is 1.06. The number of hydrogen-bond acceptors (Lipinski definition) is 4. The van der Waals surface area contributed by atoms with Gasteiger partial charge in [-0.15, -0.1) is 0 Å². The van der Waals surface area contributed by atoms with Crippen molar-refractivity contribution in [2.75, 3.05) is 13.2 Å². The van der Waals surface area contributed by atoms with Crippen LogP contribution in [0.1, 0.15) is 6.92 Å². The minimum absolute atomic E-state index is 0.0707. The Bertz CT molecular complexity index is 256. The molecule has 4 heteroatoms. The van der Waals surface area contributed by atoms with Gasteiger partial charge in [0.2, 0.25) is 0 Å². The van der Waals surface area contributed by atoms with Crippen LogP contribution in [0.3, 0.4) is 0 Å². The Morgan fingerprint density at radius 3 is 3.23 bits per heavy atom. The molecule has 0 aromatic heterocycles. The molecule has 0 aromatic rings. The molecule has 1 aliphatic rings. The predicted molar refractivity (Wildman–Crippen MR) is 53.4 cm³/mol. The minimum atomic E-state index is -0.189. The van der Waals surface area contributed by atoms with Crippen molar-refractivity contribution in [2.24, 2.45) is 10.7 Å². The molecule has 4 N–H and O–H groups in total. The molecule has 0 aliphatic carbocycles. The molecular formula is C9H15N3O. The molecule has 0 saturated heterocycles. The van der Waals surface area contributed by atoms with Gasteiger partial charge in [0.25, 0.3) is 0 Å². The van der Waals surface area contributed by atoms with Crippen molar-refractivity contribution in [3.05, 3.63) is 23.4 Å². The largest absolute Gasteiger partial charge is 0.394 e. The average Bonchev–Trinajstić information content (AvgIpc) is 2.11. The lowest BCUT2D eigenvalue weighted by Crippen LogP contribution is -2.38. The Hall–Kier alpha value is -1.13. The highest BCUT2D eigenvalue weighted by atomic mass is 16.3. The minimum Gasteiger partial charge on any atom is -0.394 e. The Morgan fingerprint density at radius 2 is 2.54 bits per heavy atom.